The van der Waals surface area contributed by atoms with Gasteiger partial charge in [-0.2, -0.15) is 0 Å². The lowest BCUT2D eigenvalue weighted by Gasteiger charge is -2.37. The number of benzene rings is 1. The van der Waals surface area contributed by atoms with Crippen molar-refractivity contribution >= 4 is 28.8 Å². The van der Waals surface area contributed by atoms with Crippen LogP contribution in [0.1, 0.15) is 23.7 Å². The van der Waals surface area contributed by atoms with E-state index in [2.05, 4.69) is 15.1 Å². The normalized spacial score (nSPS) is 18.4. The monoisotopic (exact) mass is 391 g/mol. The third kappa shape index (κ3) is 5.89. The van der Waals surface area contributed by atoms with Gasteiger partial charge >= 0.3 is 0 Å². The van der Waals surface area contributed by atoms with Crippen molar-refractivity contribution in [3.05, 3.63) is 29.8 Å². The van der Waals surface area contributed by atoms with Gasteiger partial charge in [-0.15, -0.1) is 0 Å². The van der Waals surface area contributed by atoms with Gasteiger partial charge < -0.3 is 24.8 Å². The largest absolute Gasteiger partial charge is 0.370 e. The van der Waals surface area contributed by atoms with Gasteiger partial charge in [-0.25, -0.2) is 0 Å². The summed E-state index contributed by atoms with van der Waals surface area (Å²) in [6, 6.07) is 7.90. The molecule has 1 aromatic rings. The number of nitrogens with zero attached hydrogens (tertiary/aromatic N) is 2. The van der Waals surface area contributed by atoms with Crippen LogP contribution < -0.4 is 15.1 Å². The quantitative estimate of drug-likeness (QED) is 0.410. The molecule has 0 spiro atoms. The summed E-state index contributed by atoms with van der Waals surface area (Å²) in [4.78, 5) is 17.7. The second-order valence-electron chi connectivity index (χ2n) is 7.28. The molecule has 27 heavy (non-hydrogen) atoms. The van der Waals surface area contributed by atoms with Crippen molar-refractivity contribution in [1.29, 1.82) is 0 Å². The lowest BCUT2D eigenvalue weighted by atomic mass is 10.1. The van der Waals surface area contributed by atoms with Crippen molar-refractivity contribution in [2.75, 3.05) is 70.5 Å². The van der Waals surface area contributed by atoms with Crippen molar-refractivity contribution in [3.63, 3.8) is 0 Å². The van der Waals surface area contributed by atoms with Crippen LogP contribution in [0.2, 0.25) is 0 Å². The molecule has 7 heteroatoms. The number of quaternary nitrogens is 1. The van der Waals surface area contributed by atoms with Crippen LogP contribution in [0.3, 0.4) is 0 Å². The number of ketones is 1. The highest BCUT2D eigenvalue weighted by Crippen LogP contribution is 2.17. The van der Waals surface area contributed by atoms with Crippen molar-refractivity contribution in [1.82, 2.24) is 10.2 Å². The Morgan fingerprint density at radius 2 is 1.81 bits per heavy atom. The Hall–Kier alpha value is -1.70. The van der Waals surface area contributed by atoms with Crippen LogP contribution in [0.25, 0.3) is 0 Å². The number of nitrogens with one attached hydrogen (secondary N) is 2. The first-order valence-corrected chi connectivity index (χ1v) is 10.3. The number of thiocarbonyl (C=S) groups is 1. The highest BCUT2D eigenvalue weighted by molar-refractivity contribution is 7.80. The number of piperazine rings is 1. The molecule has 0 saturated carbocycles. The van der Waals surface area contributed by atoms with E-state index in [0.717, 1.165) is 76.1 Å². The highest BCUT2D eigenvalue weighted by Gasteiger charge is 2.19. The van der Waals surface area contributed by atoms with Crippen LogP contribution in [-0.2, 0) is 4.74 Å². The van der Waals surface area contributed by atoms with Crippen LogP contribution in [0.5, 0.6) is 0 Å². The van der Waals surface area contributed by atoms with Crippen LogP contribution >= 0.6 is 12.2 Å². The third-order valence-electron chi connectivity index (χ3n) is 5.39. The second kappa shape index (κ2) is 10.0. The van der Waals surface area contributed by atoms with E-state index in [-0.39, 0.29) is 5.78 Å². The van der Waals surface area contributed by atoms with Gasteiger partial charge in [0.25, 0.3) is 0 Å². The summed E-state index contributed by atoms with van der Waals surface area (Å²) in [5, 5.41) is 4.30. The molecule has 0 aromatic heterocycles. The summed E-state index contributed by atoms with van der Waals surface area (Å²) >= 11 is 5.58. The molecule has 2 N–H and O–H groups in total. The molecular formula is C20H31N4O2S+. The SMILES string of the molecule is CC(=O)c1ccc(N2CCN(C(=S)NCCC[NH+]3CCOCC3)CC2)cc1. The molecule has 148 valence electrons. The van der Waals surface area contributed by atoms with E-state index in [4.69, 9.17) is 17.0 Å². The molecule has 2 heterocycles. The van der Waals surface area contributed by atoms with E-state index in [1.807, 2.05) is 24.3 Å². The molecule has 0 aliphatic carbocycles. The molecule has 2 fully saturated rings. The maximum Gasteiger partial charge on any atom is 0.169 e. The van der Waals surface area contributed by atoms with Gasteiger partial charge in [0, 0.05) is 50.4 Å². The van der Waals surface area contributed by atoms with Gasteiger partial charge in [-0.05, 0) is 43.4 Å². The number of hydrogen-bond acceptors (Lipinski definition) is 4. The predicted octanol–water partition coefficient (Wildman–Crippen LogP) is 0.191. The van der Waals surface area contributed by atoms with Crippen LogP contribution in [0.4, 0.5) is 5.69 Å². The molecule has 6 nitrogen and oxygen atoms in total. The number of morpholine rings is 1. The first-order chi connectivity index (χ1) is 13.1. The molecule has 2 saturated heterocycles. The Balaban J connectivity index is 1.35. The molecule has 1 aromatic carbocycles. The van der Waals surface area contributed by atoms with Gasteiger partial charge in [0.1, 0.15) is 13.1 Å². The molecule has 2 aliphatic rings. The summed E-state index contributed by atoms with van der Waals surface area (Å²) < 4.78 is 5.40. The summed E-state index contributed by atoms with van der Waals surface area (Å²) in [6.45, 7) is 11.5. The average Bonchev–Trinajstić information content (AvgIpc) is 2.72. The summed E-state index contributed by atoms with van der Waals surface area (Å²) in [5.74, 6) is 0.109. The number of Topliss-reactive ketones (excluding diaryl/α,β-unsaturated/α-hetero) is 1. The fourth-order valence-corrected chi connectivity index (χ4v) is 3.91. The minimum Gasteiger partial charge on any atom is -0.370 e. The molecule has 0 amide bonds. The predicted molar refractivity (Wildman–Crippen MR) is 112 cm³/mol. The third-order valence-corrected chi connectivity index (χ3v) is 5.79. The van der Waals surface area contributed by atoms with Gasteiger partial charge in [-0.1, -0.05) is 0 Å². The van der Waals surface area contributed by atoms with E-state index >= 15 is 0 Å². The first-order valence-electron chi connectivity index (χ1n) is 9.93. The van der Waals surface area contributed by atoms with Crippen LogP contribution in [0.15, 0.2) is 24.3 Å². The summed E-state index contributed by atoms with van der Waals surface area (Å²) in [5.41, 5.74) is 1.94. The Kier molecular flexibility index (Phi) is 7.43. The molecule has 0 radical (unpaired) electrons. The van der Waals surface area contributed by atoms with E-state index in [9.17, 15) is 4.79 Å². The Labute approximate surface area is 167 Å². The smallest absolute Gasteiger partial charge is 0.169 e. The summed E-state index contributed by atoms with van der Waals surface area (Å²) in [6.07, 6.45) is 1.14. The van der Waals surface area contributed by atoms with Crippen molar-refractivity contribution in [2.45, 2.75) is 13.3 Å². The van der Waals surface area contributed by atoms with Crippen molar-refractivity contribution in [2.24, 2.45) is 0 Å². The molecule has 0 bridgehead atoms. The molecule has 0 atom stereocenters. The minimum atomic E-state index is 0.109. The zero-order valence-corrected chi connectivity index (χ0v) is 17.0. The van der Waals surface area contributed by atoms with E-state index < -0.39 is 0 Å². The van der Waals surface area contributed by atoms with Crippen LogP contribution in [0, 0.1) is 0 Å². The Bertz CT molecular complexity index is 623. The maximum absolute atomic E-state index is 11.4. The number of anilines is 1. The number of rotatable bonds is 6. The summed E-state index contributed by atoms with van der Waals surface area (Å²) in [7, 11) is 0. The van der Waals surface area contributed by atoms with Gasteiger partial charge in [-0.3, -0.25) is 4.79 Å². The zero-order valence-electron chi connectivity index (χ0n) is 16.2. The fraction of sp³-hybridized carbons (Fsp3) is 0.600. The van der Waals surface area contributed by atoms with Crippen LogP contribution in [-0.4, -0.2) is 81.4 Å². The molecule has 3 rings (SSSR count). The van der Waals surface area contributed by atoms with E-state index in [1.165, 1.54) is 12.2 Å². The molecule has 2 aliphatic heterocycles. The standard InChI is InChI=1S/C20H30N4O2S/c1-17(25)18-3-5-19(6-4-18)23-9-11-24(12-10-23)20(27)21-7-2-8-22-13-15-26-16-14-22/h3-6H,2,7-16H2,1H3,(H,21,27)/p+1. The highest BCUT2D eigenvalue weighted by atomic mass is 32.1. The maximum atomic E-state index is 11.4. The lowest BCUT2D eigenvalue weighted by Crippen LogP contribution is -3.14. The molecular weight excluding hydrogens is 360 g/mol. The van der Waals surface area contributed by atoms with Gasteiger partial charge in [0.05, 0.1) is 19.8 Å². The fourth-order valence-electron chi connectivity index (χ4n) is 3.63. The minimum absolute atomic E-state index is 0.109. The lowest BCUT2D eigenvalue weighted by molar-refractivity contribution is -0.908. The van der Waals surface area contributed by atoms with E-state index in [0.29, 0.717) is 0 Å². The Morgan fingerprint density at radius 1 is 1.15 bits per heavy atom. The first kappa shape index (κ1) is 20.0. The topological polar surface area (TPSA) is 49.2 Å². The van der Waals surface area contributed by atoms with Crippen molar-refractivity contribution in [3.8, 4) is 0 Å². The molecule has 0 unspecified atom stereocenters. The Morgan fingerprint density at radius 3 is 2.44 bits per heavy atom. The second-order valence-corrected chi connectivity index (χ2v) is 7.66. The zero-order chi connectivity index (χ0) is 19.1. The number of ether oxygens (including phenoxy) is 1. The number of carbonyl (C=O) groups is 1. The number of carbonyl (C=O) groups excluding carboxylic acids is 1. The average molecular weight is 392 g/mol. The van der Waals surface area contributed by atoms with Crippen molar-refractivity contribution < 1.29 is 14.4 Å². The number of hydrogen-bond donors (Lipinski definition) is 2. The van der Waals surface area contributed by atoms with E-state index in [1.54, 1.807) is 11.8 Å². The van der Waals surface area contributed by atoms with Gasteiger partial charge in [0.2, 0.25) is 0 Å². The van der Waals surface area contributed by atoms with Gasteiger partial charge in [0.15, 0.2) is 10.9 Å².